The number of benzene rings is 2. The lowest BCUT2D eigenvalue weighted by molar-refractivity contribution is 0.0526. The zero-order chi connectivity index (χ0) is 15.2. The zero-order valence-electron chi connectivity index (χ0n) is 11.6. The Labute approximate surface area is 132 Å². The van der Waals surface area contributed by atoms with E-state index >= 15 is 0 Å². The molecule has 4 nitrogen and oxygen atoms in total. The number of ether oxygens (including phenoxy) is 2. The molecule has 2 N–H and O–H groups in total. The Kier molecular flexibility index (Phi) is 5.22. The molecular weight excluding hydrogens is 334 g/mol. The van der Waals surface area contributed by atoms with Crippen molar-refractivity contribution in [3.8, 4) is 5.75 Å². The van der Waals surface area contributed by atoms with Crippen LogP contribution in [-0.4, -0.2) is 12.6 Å². The number of rotatable bonds is 5. The maximum absolute atomic E-state index is 11.6. The standard InChI is InChI=1S/C16H16BrNO3/c1-2-20-16(19)12-6-7-15(14(18)9-12)21-10-11-4-3-5-13(17)8-11/h3-9H,2,10,18H2,1H3. The summed E-state index contributed by atoms with van der Waals surface area (Å²) in [4.78, 5) is 11.6. The van der Waals surface area contributed by atoms with Gasteiger partial charge in [0.2, 0.25) is 0 Å². The summed E-state index contributed by atoms with van der Waals surface area (Å²) in [5.41, 5.74) is 7.77. The first kappa shape index (κ1) is 15.4. The van der Waals surface area contributed by atoms with Gasteiger partial charge in [-0.05, 0) is 42.8 Å². The van der Waals surface area contributed by atoms with Crippen molar-refractivity contribution in [3.05, 3.63) is 58.1 Å². The molecule has 0 spiro atoms. The van der Waals surface area contributed by atoms with Gasteiger partial charge >= 0.3 is 5.97 Å². The topological polar surface area (TPSA) is 61.5 Å². The van der Waals surface area contributed by atoms with Crippen molar-refractivity contribution in [1.29, 1.82) is 0 Å². The summed E-state index contributed by atoms with van der Waals surface area (Å²) < 4.78 is 11.6. The molecular formula is C16H16BrNO3. The summed E-state index contributed by atoms with van der Waals surface area (Å²) in [5, 5.41) is 0. The maximum atomic E-state index is 11.6. The number of nitrogen functional groups attached to an aromatic ring is 1. The molecule has 0 heterocycles. The minimum absolute atomic E-state index is 0.333. The van der Waals surface area contributed by atoms with Crippen LogP contribution in [0.4, 0.5) is 5.69 Å². The van der Waals surface area contributed by atoms with Crippen LogP contribution in [-0.2, 0) is 11.3 Å². The van der Waals surface area contributed by atoms with E-state index in [1.807, 2.05) is 24.3 Å². The van der Waals surface area contributed by atoms with E-state index in [0.29, 0.717) is 30.2 Å². The Balaban J connectivity index is 2.06. The molecule has 0 bridgehead atoms. The fraction of sp³-hybridized carbons (Fsp3) is 0.188. The van der Waals surface area contributed by atoms with Gasteiger partial charge in [0, 0.05) is 4.47 Å². The van der Waals surface area contributed by atoms with Crippen LogP contribution in [0.3, 0.4) is 0 Å². The monoisotopic (exact) mass is 349 g/mol. The second-order valence-electron chi connectivity index (χ2n) is 4.39. The fourth-order valence-electron chi connectivity index (χ4n) is 1.81. The molecule has 2 aromatic rings. The highest BCUT2D eigenvalue weighted by molar-refractivity contribution is 9.10. The molecule has 0 atom stereocenters. The van der Waals surface area contributed by atoms with Crippen LogP contribution >= 0.6 is 15.9 Å². The summed E-state index contributed by atoms with van der Waals surface area (Å²) in [5.74, 6) is 0.158. The average molecular weight is 350 g/mol. The third kappa shape index (κ3) is 4.23. The predicted molar refractivity (Wildman–Crippen MR) is 85.3 cm³/mol. The quantitative estimate of drug-likeness (QED) is 0.658. The normalized spacial score (nSPS) is 10.2. The van der Waals surface area contributed by atoms with Crippen LogP contribution in [0.25, 0.3) is 0 Å². The number of carbonyl (C=O) groups excluding carboxylic acids is 1. The summed E-state index contributed by atoms with van der Waals surface area (Å²) >= 11 is 3.41. The lowest BCUT2D eigenvalue weighted by atomic mass is 10.2. The van der Waals surface area contributed by atoms with Crippen molar-refractivity contribution in [3.63, 3.8) is 0 Å². The molecule has 0 amide bonds. The van der Waals surface area contributed by atoms with E-state index in [-0.39, 0.29) is 5.97 Å². The lowest BCUT2D eigenvalue weighted by Gasteiger charge is -2.10. The van der Waals surface area contributed by atoms with E-state index < -0.39 is 0 Å². The first-order valence-corrected chi connectivity index (χ1v) is 7.33. The van der Waals surface area contributed by atoms with Crippen molar-refractivity contribution < 1.29 is 14.3 Å². The zero-order valence-corrected chi connectivity index (χ0v) is 13.2. The first-order valence-electron chi connectivity index (χ1n) is 6.54. The Morgan fingerprint density at radius 2 is 2.05 bits per heavy atom. The van der Waals surface area contributed by atoms with E-state index in [4.69, 9.17) is 15.2 Å². The Bertz CT molecular complexity index is 643. The van der Waals surface area contributed by atoms with Gasteiger partial charge in [0.15, 0.2) is 0 Å². The molecule has 0 aromatic heterocycles. The number of halogens is 1. The Morgan fingerprint density at radius 3 is 2.71 bits per heavy atom. The lowest BCUT2D eigenvalue weighted by Crippen LogP contribution is -2.06. The maximum Gasteiger partial charge on any atom is 0.338 e. The number of nitrogens with two attached hydrogens (primary N) is 1. The van der Waals surface area contributed by atoms with Crippen LogP contribution in [0, 0.1) is 0 Å². The number of carbonyl (C=O) groups is 1. The van der Waals surface area contributed by atoms with Crippen LogP contribution in [0.15, 0.2) is 46.9 Å². The van der Waals surface area contributed by atoms with E-state index in [9.17, 15) is 4.79 Å². The number of hydrogen-bond acceptors (Lipinski definition) is 4. The fourth-order valence-corrected chi connectivity index (χ4v) is 2.26. The second-order valence-corrected chi connectivity index (χ2v) is 5.31. The van der Waals surface area contributed by atoms with Gasteiger partial charge in [-0.3, -0.25) is 0 Å². The van der Waals surface area contributed by atoms with Gasteiger partial charge in [0.25, 0.3) is 0 Å². The van der Waals surface area contributed by atoms with Crippen molar-refractivity contribution in [2.45, 2.75) is 13.5 Å². The molecule has 21 heavy (non-hydrogen) atoms. The molecule has 0 fully saturated rings. The molecule has 2 aromatic carbocycles. The van der Waals surface area contributed by atoms with Gasteiger partial charge in [-0.1, -0.05) is 28.1 Å². The second kappa shape index (κ2) is 7.13. The van der Waals surface area contributed by atoms with Crippen LogP contribution in [0.2, 0.25) is 0 Å². The third-order valence-corrected chi connectivity index (χ3v) is 3.30. The van der Waals surface area contributed by atoms with Crippen molar-refractivity contribution in [2.75, 3.05) is 12.3 Å². The Hall–Kier alpha value is -2.01. The molecule has 110 valence electrons. The molecule has 2 rings (SSSR count). The van der Waals surface area contributed by atoms with E-state index in [1.165, 1.54) is 0 Å². The number of hydrogen-bond donors (Lipinski definition) is 1. The summed E-state index contributed by atoms with van der Waals surface area (Å²) in [6, 6.07) is 12.7. The highest BCUT2D eigenvalue weighted by atomic mass is 79.9. The van der Waals surface area contributed by atoms with Gasteiger partial charge in [0.1, 0.15) is 12.4 Å². The van der Waals surface area contributed by atoms with Crippen LogP contribution in [0.5, 0.6) is 5.75 Å². The molecule has 0 aliphatic rings. The van der Waals surface area contributed by atoms with Crippen molar-refractivity contribution in [1.82, 2.24) is 0 Å². The van der Waals surface area contributed by atoms with Gasteiger partial charge in [0.05, 0.1) is 17.9 Å². The van der Waals surface area contributed by atoms with Crippen molar-refractivity contribution in [2.24, 2.45) is 0 Å². The van der Waals surface area contributed by atoms with Crippen LogP contribution < -0.4 is 10.5 Å². The van der Waals surface area contributed by atoms with E-state index in [1.54, 1.807) is 25.1 Å². The van der Waals surface area contributed by atoms with Gasteiger partial charge < -0.3 is 15.2 Å². The highest BCUT2D eigenvalue weighted by Gasteiger charge is 2.09. The third-order valence-electron chi connectivity index (χ3n) is 2.80. The first-order chi connectivity index (χ1) is 10.1. The number of anilines is 1. The average Bonchev–Trinajstić information content (AvgIpc) is 2.46. The Morgan fingerprint density at radius 1 is 1.24 bits per heavy atom. The minimum Gasteiger partial charge on any atom is -0.487 e. The van der Waals surface area contributed by atoms with Gasteiger partial charge in [-0.2, -0.15) is 0 Å². The predicted octanol–water partition coefficient (Wildman–Crippen LogP) is 3.79. The van der Waals surface area contributed by atoms with Crippen LogP contribution in [0.1, 0.15) is 22.8 Å². The summed E-state index contributed by atoms with van der Waals surface area (Å²) in [6.07, 6.45) is 0. The number of esters is 1. The van der Waals surface area contributed by atoms with E-state index in [2.05, 4.69) is 15.9 Å². The summed E-state index contributed by atoms with van der Waals surface area (Å²) in [7, 11) is 0. The summed E-state index contributed by atoms with van der Waals surface area (Å²) in [6.45, 7) is 2.50. The SMILES string of the molecule is CCOC(=O)c1ccc(OCc2cccc(Br)c2)c(N)c1. The molecule has 0 aliphatic heterocycles. The molecule has 5 heteroatoms. The largest absolute Gasteiger partial charge is 0.487 e. The van der Waals surface area contributed by atoms with E-state index in [0.717, 1.165) is 10.0 Å². The van der Waals surface area contributed by atoms with Gasteiger partial charge in [-0.25, -0.2) is 4.79 Å². The smallest absolute Gasteiger partial charge is 0.338 e. The molecule has 0 radical (unpaired) electrons. The highest BCUT2D eigenvalue weighted by Crippen LogP contribution is 2.24. The molecule has 0 saturated carbocycles. The molecule has 0 saturated heterocycles. The minimum atomic E-state index is -0.386. The van der Waals surface area contributed by atoms with Gasteiger partial charge in [-0.15, -0.1) is 0 Å². The van der Waals surface area contributed by atoms with Crippen molar-refractivity contribution >= 4 is 27.6 Å². The molecule has 0 unspecified atom stereocenters. The molecule has 0 aliphatic carbocycles.